The summed E-state index contributed by atoms with van der Waals surface area (Å²) in [5.41, 5.74) is -0.237. The number of benzene rings is 2. The lowest BCUT2D eigenvalue weighted by molar-refractivity contribution is -0.123. The number of para-hydroxylation sites is 1. The van der Waals surface area contributed by atoms with Crippen molar-refractivity contribution in [3.63, 3.8) is 0 Å². The summed E-state index contributed by atoms with van der Waals surface area (Å²) in [6.45, 7) is 0. The molecule has 2 amide bonds. The van der Waals surface area contributed by atoms with Crippen molar-refractivity contribution in [3.8, 4) is 0 Å². The van der Waals surface area contributed by atoms with Crippen LogP contribution in [0.4, 0.5) is 20.3 Å². The number of rotatable bonds is 5. The third kappa shape index (κ3) is 4.48. The van der Waals surface area contributed by atoms with Crippen LogP contribution in [-0.2, 0) is 15.3 Å². The fraction of sp³-hybridized carbons (Fsp3) is 0.143. The molecule has 0 bridgehead atoms. The van der Waals surface area contributed by atoms with Crippen molar-refractivity contribution < 1.29 is 18.4 Å². The number of H-pyrrole nitrogens is 1. The highest BCUT2D eigenvalue weighted by Gasteiger charge is 2.35. The van der Waals surface area contributed by atoms with E-state index < -0.39 is 29.1 Å². The lowest BCUT2D eigenvalue weighted by Gasteiger charge is -2.23. The molecule has 0 radical (unpaired) electrons. The van der Waals surface area contributed by atoms with Crippen LogP contribution in [-0.4, -0.2) is 21.8 Å². The van der Waals surface area contributed by atoms with E-state index in [9.17, 15) is 23.2 Å². The molecular weight excluding hydrogens is 426 g/mol. The summed E-state index contributed by atoms with van der Waals surface area (Å²) in [5, 5.41) is 5.08. The molecule has 2 aromatic carbocycles. The fourth-order valence-corrected chi connectivity index (χ4v) is 4.03. The number of halogens is 2. The van der Waals surface area contributed by atoms with E-state index in [1.165, 1.54) is 24.3 Å². The van der Waals surface area contributed by atoms with E-state index in [2.05, 4.69) is 20.6 Å². The monoisotopic (exact) mass is 442 g/mol. The molecule has 4 rings (SSSR count). The van der Waals surface area contributed by atoms with Gasteiger partial charge in [0.05, 0.1) is 17.2 Å². The lowest BCUT2D eigenvalue weighted by Crippen LogP contribution is -2.36. The first-order chi connectivity index (χ1) is 14.9. The van der Waals surface area contributed by atoms with Gasteiger partial charge in [-0.2, -0.15) is 0 Å². The number of aromatic amines is 1. The predicted octanol–water partition coefficient (Wildman–Crippen LogP) is 3.40. The summed E-state index contributed by atoms with van der Waals surface area (Å²) < 4.78 is 27.7. The Hall–Kier alpha value is -3.53. The highest BCUT2D eigenvalue weighted by Crippen LogP contribution is 2.31. The summed E-state index contributed by atoms with van der Waals surface area (Å²) in [6, 6.07) is 11.8. The second-order valence-corrected chi connectivity index (χ2v) is 7.75. The molecule has 0 saturated heterocycles. The van der Waals surface area contributed by atoms with E-state index in [1.54, 1.807) is 24.3 Å². The molecule has 1 aliphatic rings. The van der Waals surface area contributed by atoms with Crippen LogP contribution >= 0.6 is 11.8 Å². The topological polar surface area (TPSA) is 104 Å². The molecule has 0 aliphatic carbocycles. The van der Waals surface area contributed by atoms with Crippen molar-refractivity contribution in [2.45, 2.75) is 23.2 Å². The minimum atomic E-state index is -1.13. The molecule has 3 aromatic rings. The van der Waals surface area contributed by atoms with Gasteiger partial charge in [0.1, 0.15) is 17.5 Å². The van der Waals surface area contributed by atoms with E-state index in [0.717, 1.165) is 11.8 Å². The third-order valence-corrected chi connectivity index (χ3v) is 5.62. The second kappa shape index (κ2) is 8.68. The number of aromatic nitrogens is 2. The molecule has 1 atom stereocenters. The first-order valence-electron chi connectivity index (χ1n) is 9.28. The van der Waals surface area contributed by atoms with Gasteiger partial charge in [0.2, 0.25) is 11.8 Å². The summed E-state index contributed by atoms with van der Waals surface area (Å²) >= 11 is 1.08. The van der Waals surface area contributed by atoms with Crippen LogP contribution in [0.5, 0.6) is 0 Å². The number of anilines is 2. The van der Waals surface area contributed by atoms with E-state index in [-0.39, 0.29) is 40.2 Å². The van der Waals surface area contributed by atoms with Gasteiger partial charge in [0.15, 0.2) is 5.16 Å². The maximum absolute atomic E-state index is 13.9. The molecule has 2 heterocycles. The van der Waals surface area contributed by atoms with Crippen molar-refractivity contribution in [2.24, 2.45) is 0 Å². The van der Waals surface area contributed by atoms with Gasteiger partial charge in [0.25, 0.3) is 5.56 Å². The van der Waals surface area contributed by atoms with Crippen LogP contribution in [0.15, 0.2) is 58.5 Å². The standard InChI is InChI=1S/C21H16F2N4O3S/c22-13-6-2-1-5-11(13)10-31-21-26-18-17(20(30)27-21)12(9-16(28)25-18)19(29)24-15-8-4-3-7-14(15)23/h1-8,12H,9-10H2,(H,24,29)(H2,25,26,27,28,30). The number of amides is 2. The molecule has 10 heteroatoms. The fourth-order valence-electron chi connectivity index (χ4n) is 3.19. The molecule has 3 N–H and O–H groups in total. The molecule has 1 aliphatic heterocycles. The van der Waals surface area contributed by atoms with Crippen molar-refractivity contribution in [3.05, 3.63) is 81.6 Å². The average molecular weight is 442 g/mol. The van der Waals surface area contributed by atoms with Crippen molar-refractivity contribution in [1.82, 2.24) is 9.97 Å². The molecule has 1 aromatic heterocycles. The molecule has 0 fully saturated rings. The van der Waals surface area contributed by atoms with Crippen molar-refractivity contribution in [2.75, 3.05) is 10.6 Å². The Morgan fingerprint density at radius 3 is 2.55 bits per heavy atom. The molecule has 0 spiro atoms. The molecule has 158 valence electrons. The maximum Gasteiger partial charge on any atom is 0.257 e. The first-order valence-corrected chi connectivity index (χ1v) is 10.3. The highest BCUT2D eigenvalue weighted by molar-refractivity contribution is 7.98. The third-order valence-electron chi connectivity index (χ3n) is 4.70. The normalized spacial score (nSPS) is 15.2. The van der Waals surface area contributed by atoms with E-state index in [4.69, 9.17) is 0 Å². The molecule has 31 heavy (non-hydrogen) atoms. The van der Waals surface area contributed by atoms with E-state index >= 15 is 0 Å². The summed E-state index contributed by atoms with van der Waals surface area (Å²) in [6.07, 6.45) is -0.278. The summed E-state index contributed by atoms with van der Waals surface area (Å²) in [7, 11) is 0. The minimum Gasteiger partial charge on any atom is -0.323 e. The first kappa shape index (κ1) is 20.7. The Kier molecular flexibility index (Phi) is 5.81. The van der Waals surface area contributed by atoms with Crippen LogP contribution in [0.1, 0.15) is 23.5 Å². The van der Waals surface area contributed by atoms with Crippen LogP contribution in [0.25, 0.3) is 0 Å². The van der Waals surface area contributed by atoms with Gasteiger partial charge in [-0.25, -0.2) is 13.8 Å². The van der Waals surface area contributed by atoms with Crippen LogP contribution in [0.2, 0.25) is 0 Å². The second-order valence-electron chi connectivity index (χ2n) is 6.79. The molecule has 0 saturated carbocycles. The number of fused-ring (bicyclic) bond motifs is 1. The zero-order chi connectivity index (χ0) is 22.0. The average Bonchev–Trinajstić information content (AvgIpc) is 2.74. The Morgan fingerprint density at radius 2 is 1.81 bits per heavy atom. The van der Waals surface area contributed by atoms with Crippen LogP contribution in [0, 0.1) is 11.6 Å². The Labute approximate surface area is 179 Å². The maximum atomic E-state index is 13.9. The van der Waals surface area contributed by atoms with Gasteiger partial charge in [-0.3, -0.25) is 14.4 Å². The Balaban J connectivity index is 1.59. The minimum absolute atomic E-state index is 0.0105. The van der Waals surface area contributed by atoms with Crippen LogP contribution in [0.3, 0.4) is 0 Å². The number of nitrogens with zero attached hydrogens (tertiary/aromatic N) is 1. The number of thioether (sulfide) groups is 1. The molecular formula is C21H16F2N4O3S. The highest BCUT2D eigenvalue weighted by atomic mass is 32.2. The number of hydrogen-bond donors (Lipinski definition) is 3. The summed E-state index contributed by atoms with van der Waals surface area (Å²) in [4.78, 5) is 44.4. The smallest absolute Gasteiger partial charge is 0.257 e. The van der Waals surface area contributed by atoms with Gasteiger partial charge in [-0.15, -0.1) is 0 Å². The van der Waals surface area contributed by atoms with Gasteiger partial charge < -0.3 is 15.6 Å². The largest absolute Gasteiger partial charge is 0.323 e. The van der Waals surface area contributed by atoms with E-state index in [1.807, 2.05) is 0 Å². The predicted molar refractivity (Wildman–Crippen MR) is 112 cm³/mol. The number of nitrogens with one attached hydrogen (secondary N) is 3. The summed E-state index contributed by atoms with van der Waals surface area (Å²) in [5.74, 6) is -3.17. The SMILES string of the molecule is O=C1CC(C(=O)Nc2ccccc2F)c2c(nc(SCc3ccccc3F)[nH]c2=O)N1. The van der Waals surface area contributed by atoms with Crippen LogP contribution < -0.4 is 16.2 Å². The molecule has 7 nitrogen and oxygen atoms in total. The Bertz CT molecular complexity index is 1230. The quantitative estimate of drug-likeness (QED) is 0.415. The van der Waals surface area contributed by atoms with Gasteiger partial charge in [-0.1, -0.05) is 42.1 Å². The van der Waals surface area contributed by atoms with Gasteiger partial charge >= 0.3 is 0 Å². The number of carbonyl (C=O) groups is 2. The van der Waals surface area contributed by atoms with Crippen molar-refractivity contribution in [1.29, 1.82) is 0 Å². The zero-order valence-electron chi connectivity index (χ0n) is 15.9. The number of carbonyl (C=O) groups excluding carboxylic acids is 2. The van der Waals surface area contributed by atoms with E-state index in [0.29, 0.717) is 5.56 Å². The van der Waals surface area contributed by atoms with Gasteiger partial charge in [0, 0.05) is 12.2 Å². The molecule has 1 unspecified atom stereocenters. The Morgan fingerprint density at radius 1 is 1.10 bits per heavy atom. The lowest BCUT2D eigenvalue weighted by atomic mass is 9.92. The van der Waals surface area contributed by atoms with Crippen molar-refractivity contribution >= 4 is 35.1 Å². The number of hydrogen-bond acceptors (Lipinski definition) is 5. The van der Waals surface area contributed by atoms with Gasteiger partial charge in [-0.05, 0) is 23.8 Å². The zero-order valence-corrected chi connectivity index (χ0v) is 16.8.